The van der Waals surface area contributed by atoms with Crippen LogP contribution in [0.1, 0.15) is 5.56 Å². The lowest BCUT2D eigenvalue weighted by Gasteiger charge is -1.94. The first-order chi connectivity index (χ1) is 6.33. The van der Waals surface area contributed by atoms with Gasteiger partial charge in [0.25, 0.3) is 0 Å². The first kappa shape index (κ1) is 9.81. The molecular formula is C10H11ClN2. The normalized spacial score (nSPS) is 10.2. The molecule has 0 aromatic heterocycles. The van der Waals surface area contributed by atoms with Crippen molar-refractivity contribution in [3.05, 3.63) is 41.1 Å². The maximum atomic E-state index is 6.78. The third-order valence-electron chi connectivity index (χ3n) is 1.48. The predicted molar refractivity (Wildman–Crippen MR) is 57.3 cm³/mol. The molecule has 0 bridgehead atoms. The van der Waals surface area contributed by atoms with E-state index in [0.29, 0.717) is 6.54 Å². The van der Waals surface area contributed by atoms with Gasteiger partial charge in [-0.25, -0.2) is 0 Å². The van der Waals surface area contributed by atoms with Crippen molar-refractivity contribution in [1.82, 2.24) is 5.32 Å². The molecule has 0 aliphatic carbocycles. The lowest BCUT2D eigenvalue weighted by Crippen LogP contribution is -2.06. The van der Waals surface area contributed by atoms with Crippen molar-refractivity contribution < 1.29 is 0 Å². The van der Waals surface area contributed by atoms with E-state index in [1.54, 1.807) is 0 Å². The van der Waals surface area contributed by atoms with E-state index in [-0.39, 0.29) is 0 Å². The molecule has 0 aliphatic heterocycles. The number of halogens is 1. The highest BCUT2D eigenvalue weighted by Crippen LogP contribution is 2.09. The Labute approximate surface area is 82.7 Å². The van der Waals surface area contributed by atoms with Gasteiger partial charge in [-0.05, 0) is 30.0 Å². The van der Waals surface area contributed by atoms with E-state index in [9.17, 15) is 0 Å². The Morgan fingerprint density at radius 1 is 1.31 bits per heavy atom. The largest absolute Gasteiger partial charge is 0.386 e. The second-order valence-corrected chi connectivity index (χ2v) is 2.93. The molecule has 68 valence electrons. The van der Waals surface area contributed by atoms with Gasteiger partial charge in [0.05, 0.1) is 0 Å². The van der Waals surface area contributed by atoms with Crippen molar-refractivity contribution in [2.24, 2.45) is 0 Å². The zero-order valence-electron chi connectivity index (χ0n) is 7.13. The second kappa shape index (κ2) is 5.38. The van der Waals surface area contributed by atoms with Crippen molar-refractivity contribution in [3.63, 3.8) is 0 Å². The molecule has 0 fully saturated rings. The van der Waals surface area contributed by atoms with Crippen LogP contribution in [0.15, 0.2) is 30.5 Å². The Balaban J connectivity index is 2.49. The molecule has 2 N–H and O–H groups in total. The molecule has 1 aromatic carbocycles. The van der Waals surface area contributed by atoms with Crippen LogP contribution in [0.2, 0.25) is 5.02 Å². The van der Waals surface area contributed by atoms with Gasteiger partial charge in [-0.3, -0.25) is 0 Å². The summed E-state index contributed by atoms with van der Waals surface area (Å²) in [5.74, 6) is 0. The lowest BCUT2D eigenvalue weighted by molar-refractivity contribution is 1.03. The van der Waals surface area contributed by atoms with Crippen LogP contribution in [0, 0.1) is 5.41 Å². The van der Waals surface area contributed by atoms with Crippen LogP contribution in [-0.4, -0.2) is 12.8 Å². The van der Waals surface area contributed by atoms with Crippen molar-refractivity contribution in [1.29, 1.82) is 5.41 Å². The summed E-state index contributed by atoms with van der Waals surface area (Å²) in [5, 5.41) is 10.5. The molecule has 0 saturated carbocycles. The third kappa shape index (κ3) is 3.76. The average molecular weight is 195 g/mol. The minimum atomic E-state index is 0.560. The smallest absolute Gasteiger partial charge is 0.0491 e. The molecule has 1 rings (SSSR count). The minimum absolute atomic E-state index is 0.560. The zero-order valence-corrected chi connectivity index (χ0v) is 7.88. The van der Waals surface area contributed by atoms with Crippen LogP contribution in [0.3, 0.4) is 0 Å². The summed E-state index contributed by atoms with van der Waals surface area (Å²) in [6, 6.07) is 7.56. The Bertz CT molecular complexity index is 290. The SMILES string of the molecule is N=CCN/C=C/c1ccc(Cl)cc1. The molecule has 0 aliphatic rings. The molecule has 0 radical (unpaired) electrons. The van der Waals surface area contributed by atoms with Crippen LogP contribution in [-0.2, 0) is 0 Å². The quantitative estimate of drug-likeness (QED) is 0.561. The first-order valence-corrected chi connectivity index (χ1v) is 4.35. The van der Waals surface area contributed by atoms with Crippen LogP contribution < -0.4 is 5.32 Å². The molecule has 13 heavy (non-hydrogen) atoms. The molecule has 0 atom stereocenters. The topological polar surface area (TPSA) is 35.9 Å². The highest BCUT2D eigenvalue weighted by Gasteiger charge is 1.86. The summed E-state index contributed by atoms with van der Waals surface area (Å²) in [6.45, 7) is 0.560. The van der Waals surface area contributed by atoms with Gasteiger partial charge in [-0.1, -0.05) is 23.7 Å². The molecular weight excluding hydrogens is 184 g/mol. The Morgan fingerprint density at radius 2 is 2.00 bits per heavy atom. The monoisotopic (exact) mass is 194 g/mol. The standard InChI is InChI=1S/C10H11ClN2/c11-10-3-1-9(2-4-10)5-7-13-8-6-12/h1-7,12-13H,8H2/b7-5+,12-6?. The van der Waals surface area contributed by atoms with Gasteiger partial charge in [0.2, 0.25) is 0 Å². The van der Waals surface area contributed by atoms with Crippen LogP contribution >= 0.6 is 11.6 Å². The fraction of sp³-hybridized carbons (Fsp3) is 0.100. The summed E-state index contributed by atoms with van der Waals surface area (Å²) >= 11 is 5.73. The maximum Gasteiger partial charge on any atom is 0.0491 e. The molecule has 1 aromatic rings. The molecule has 0 spiro atoms. The number of hydrogen-bond acceptors (Lipinski definition) is 2. The Morgan fingerprint density at radius 3 is 2.62 bits per heavy atom. The highest BCUT2D eigenvalue weighted by atomic mass is 35.5. The van der Waals surface area contributed by atoms with E-state index < -0.39 is 0 Å². The molecule has 2 nitrogen and oxygen atoms in total. The van der Waals surface area contributed by atoms with E-state index in [0.717, 1.165) is 10.6 Å². The lowest BCUT2D eigenvalue weighted by atomic mass is 10.2. The number of benzene rings is 1. The van der Waals surface area contributed by atoms with E-state index in [2.05, 4.69) is 5.32 Å². The highest BCUT2D eigenvalue weighted by molar-refractivity contribution is 6.30. The van der Waals surface area contributed by atoms with Crippen LogP contribution in [0.5, 0.6) is 0 Å². The zero-order chi connectivity index (χ0) is 9.52. The first-order valence-electron chi connectivity index (χ1n) is 3.97. The number of hydrogen-bond donors (Lipinski definition) is 2. The molecule has 0 unspecified atom stereocenters. The molecule has 0 saturated heterocycles. The average Bonchev–Trinajstić information content (AvgIpc) is 2.15. The van der Waals surface area contributed by atoms with Crippen molar-refractivity contribution in [2.45, 2.75) is 0 Å². The number of nitrogens with one attached hydrogen (secondary N) is 2. The van der Waals surface area contributed by atoms with Crippen molar-refractivity contribution in [3.8, 4) is 0 Å². The summed E-state index contributed by atoms with van der Waals surface area (Å²) in [7, 11) is 0. The molecule has 3 heteroatoms. The Kier molecular flexibility index (Phi) is 4.06. The maximum absolute atomic E-state index is 6.78. The molecule has 0 amide bonds. The molecule has 0 heterocycles. The van der Waals surface area contributed by atoms with Gasteiger partial charge in [-0.15, -0.1) is 0 Å². The predicted octanol–water partition coefficient (Wildman–Crippen LogP) is 2.55. The van der Waals surface area contributed by atoms with Crippen molar-refractivity contribution >= 4 is 23.9 Å². The Hall–Kier alpha value is -1.28. The van der Waals surface area contributed by atoms with Gasteiger partial charge in [0, 0.05) is 17.8 Å². The van der Waals surface area contributed by atoms with E-state index >= 15 is 0 Å². The van der Waals surface area contributed by atoms with Gasteiger partial charge >= 0.3 is 0 Å². The number of rotatable bonds is 4. The van der Waals surface area contributed by atoms with E-state index in [4.69, 9.17) is 17.0 Å². The minimum Gasteiger partial charge on any atom is -0.386 e. The summed E-state index contributed by atoms with van der Waals surface area (Å²) < 4.78 is 0. The summed E-state index contributed by atoms with van der Waals surface area (Å²) in [5.41, 5.74) is 1.09. The van der Waals surface area contributed by atoms with Gasteiger partial charge < -0.3 is 10.7 Å². The van der Waals surface area contributed by atoms with Gasteiger partial charge in [0.15, 0.2) is 0 Å². The van der Waals surface area contributed by atoms with Crippen LogP contribution in [0.4, 0.5) is 0 Å². The van der Waals surface area contributed by atoms with Crippen molar-refractivity contribution in [2.75, 3.05) is 6.54 Å². The fourth-order valence-corrected chi connectivity index (χ4v) is 0.982. The van der Waals surface area contributed by atoms with Gasteiger partial charge in [-0.2, -0.15) is 0 Å². The fourth-order valence-electron chi connectivity index (χ4n) is 0.856. The summed E-state index contributed by atoms with van der Waals surface area (Å²) in [6.07, 6.45) is 5.06. The van der Waals surface area contributed by atoms with E-state index in [1.807, 2.05) is 36.5 Å². The second-order valence-electron chi connectivity index (χ2n) is 2.50. The van der Waals surface area contributed by atoms with Crippen LogP contribution in [0.25, 0.3) is 6.08 Å². The summed E-state index contributed by atoms with van der Waals surface area (Å²) in [4.78, 5) is 0. The van der Waals surface area contributed by atoms with Gasteiger partial charge in [0.1, 0.15) is 0 Å². The van der Waals surface area contributed by atoms with E-state index in [1.165, 1.54) is 6.21 Å². The third-order valence-corrected chi connectivity index (χ3v) is 1.74.